The van der Waals surface area contributed by atoms with Gasteiger partial charge in [0.1, 0.15) is 12.1 Å². The number of nitrogens with zero attached hydrogens (tertiary/aromatic N) is 4. The highest BCUT2D eigenvalue weighted by atomic mass is 32.1. The van der Waals surface area contributed by atoms with Crippen LogP contribution in [0.1, 0.15) is 27.4 Å². The molecule has 0 fully saturated rings. The van der Waals surface area contributed by atoms with E-state index in [1.807, 2.05) is 24.3 Å². The van der Waals surface area contributed by atoms with E-state index in [-0.39, 0.29) is 0 Å². The first-order chi connectivity index (χ1) is 9.79. The maximum absolute atomic E-state index is 4.34. The Morgan fingerprint density at radius 3 is 3.20 bits per heavy atom. The van der Waals surface area contributed by atoms with E-state index in [9.17, 15) is 0 Å². The molecule has 20 heavy (non-hydrogen) atoms. The minimum Gasteiger partial charge on any atom is -0.365 e. The van der Waals surface area contributed by atoms with Gasteiger partial charge in [-0.3, -0.25) is 0 Å². The zero-order valence-corrected chi connectivity index (χ0v) is 12.1. The van der Waals surface area contributed by atoms with Crippen molar-refractivity contribution in [2.24, 2.45) is 0 Å². The second-order valence-electron chi connectivity index (χ2n) is 5.12. The van der Waals surface area contributed by atoms with Gasteiger partial charge in [-0.2, -0.15) is 14.6 Å². The van der Waals surface area contributed by atoms with Crippen molar-refractivity contribution in [3.8, 4) is 0 Å². The van der Waals surface area contributed by atoms with Crippen molar-refractivity contribution >= 4 is 22.9 Å². The Bertz CT molecular complexity index is 752. The van der Waals surface area contributed by atoms with E-state index in [1.54, 1.807) is 15.0 Å². The van der Waals surface area contributed by atoms with Crippen molar-refractivity contribution in [2.75, 3.05) is 5.32 Å². The van der Waals surface area contributed by atoms with Gasteiger partial charge in [-0.05, 0) is 37.8 Å². The molecule has 102 valence electrons. The topological polar surface area (TPSA) is 55.1 Å². The summed E-state index contributed by atoms with van der Waals surface area (Å²) in [6.45, 7) is 2.80. The van der Waals surface area contributed by atoms with Crippen molar-refractivity contribution in [3.05, 3.63) is 39.5 Å². The molecule has 1 aliphatic carbocycles. The van der Waals surface area contributed by atoms with E-state index >= 15 is 0 Å². The second kappa shape index (κ2) is 4.56. The number of thiophene rings is 1. The molecule has 0 aliphatic heterocycles. The SMILES string of the molecule is Cc1cc(NCc2cc3c(s2)CCC3)n2ncnc2n1. The van der Waals surface area contributed by atoms with E-state index < -0.39 is 0 Å². The quantitative estimate of drug-likeness (QED) is 0.803. The molecular weight excluding hydrogens is 270 g/mol. The fourth-order valence-electron chi connectivity index (χ4n) is 2.71. The van der Waals surface area contributed by atoms with Gasteiger partial charge in [-0.1, -0.05) is 0 Å². The van der Waals surface area contributed by atoms with Crippen LogP contribution in [0.2, 0.25) is 0 Å². The Hall–Kier alpha value is -1.95. The van der Waals surface area contributed by atoms with Gasteiger partial charge in [0.05, 0.1) is 6.54 Å². The molecule has 6 heteroatoms. The van der Waals surface area contributed by atoms with Gasteiger partial charge in [0.25, 0.3) is 5.78 Å². The third-order valence-corrected chi connectivity index (χ3v) is 4.86. The Labute approximate surface area is 120 Å². The van der Waals surface area contributed by atoms with Crippen LogP contribution >= 0.6 is 11.3 Å². The molecule has 1 N–H and O–H groups in total. The fourth-order valence-corrected chi connectivity index (χ4v) is 3.91. The highest BCUT2D eigenvalue weighted by Gasteiger charge is 2.14. The summed E-state index contributed by atoms with van der Waals surface area (Å²) in [6, 6.07) is 4.34. The number of hydrogen-bond acceptors (Lipinski definition) is 5. The molecule has 3 aromatic rings. The third kappa shape index (κ3) is 1.96. The molecule has 0 saturated carbocycles. The van der Waals surface area contributed by atoms with Gasteiger partial charge in [-0.15, -0.1) is 11.3 Å². The molecule has 0 amide bonds. The molecule has 5 nitrogen and oxygen atoms in total. The predicted octanol–water partition coefficient (Wildman–Crippen LogP) is 2.60. The number of aromatic nitrogens is 4. The second-order valence-corrected chi connectivity index (χ2v) is 6.34. The van der Waals surface area contributed by atoms with Crippen LogP contribution in [-0.2, 0) is 19.4 Å². The van der Waals surface area contributed by atoms with Crippen LogP contribution in [0, 0.1) is 6.92 Å². The monoisotopic (exact) mass is 285 g/mol. The first-order valence-electron chi connectivity index (χ1n) is 6.81. The molecule has 0 spiro atoms. The van der Waals surface area contributed by atoms with E-state index in [0.29, 0.717) is 5.78 Å². The fraction of sp³-hybridized carbons (Fsp3) is 0.357. The molecule has 0 aromatic carbocycles. The minimum atomic E-state index is 0.640. The van der Waals surface area contributed by atoms with Crippen LogP contribution < -0.4 is 5.32 Å². The van der Waals surface area contributed by atoms with Crippen LogP contribution in [0.15, 0.2) is 18.5 Å². The summed E-state index contributed by atoms with van der Waals surface area (Å²) in [5.74, 6) is 1.58. The van der Waals surface area contributed by atoms with Crippen molar-refractivity contribution in [2.45, 2.75) is 32.7 Å². The molecular formula is C14H15N5S. The molecule has 3 aromatic heterocycles. The molecule has 0 atom stereocenters. The van der Waals surface area contributed by atoms with E-state index in [4.69, 9.17) is 0 Å². The lowest BCUT2D eigenvalue weighted by molar-refractivity contribution is 0.909. The number of fused-ring (bicyclic) bond motifs is 2. The molecule has 0 radical (unpaired) electrons. The van der Waals surface area contributed by atoms with Crippen LogP contribution in [0.3, 0.4) is 0 Å². The highest BCUT2D eigenvalue weighted by molar-refractivity contribution is 7.12. The normalized spacial score (nSPS) is 13.8. The van der Waals surface area contributed by atoms with Gasteiger partial charge in [-0.25, -0.2) is 4.98 Å². The Morgan fingerprint density at radius 2 is 2.30 bits per heavy atom. The average molecular weight is 285 g/mol. The lowest BCUT2D eigenvalue weighted by Crippen LogP contribution is -2.06. The van der Waals surface area contributed by atoms with Crippen LogP contribution in [0.25, 0.3) is 5.78 Å². The zero-order valence-electron chi connectivity index (χ0n) is 11.3. The van der Waals surface area contributed by atoms with Crippen LogP contribution in [-0.4, -0.2) is 19.6 Å². The van der Waals surface area contributed by atoms with Gasteiger partial charge in [0.2, 0.25) is 0 Å². The van der Waals surface area contributed by atoms with Gasteiger partial charge < -0.3 is 5.32 Å². The number of nitrogens with one attached hydrogen (secondary N) is 1. The summed E-state index contributed by atoms with van der Waals surface area (Å²) in [4.78, 5) is 11.4. The first-order valence-corrected chi connectivity index (χ1v) is 7.63. The smallest absolute Gasteiger partial charge is 0.254 e. The lowest BCUT2D eigenvalue weighted by Gasteiger charge is -2.07. The molecule has 3 heterocycles. The summed E-state index contributed by atoms with van der Waals surface area (Å²) >= 11 is 1.93. The van der Waals surface area contributed by atoms with E-state index in [2.05, 4.69) is 26.4 Å². The number of hydrogen-bond donors (Lipinski definition) is 1. The summed E-state index contributed by atoms with van der Waals surface area (Å²) < 4.78 is 1.74. The van der Waals surface area contributed by atoms with Crippen molar-refractivity contribution in [1.29, 1.82) is 0 Å². The summed E-state index contributed by atoms with van der Waals surface area (Å²) in [6.07, 6.45) is 5.35. The third-order valence-electron chi connectivity index (χ3n) is 3.62. The summed E-state index contributed by atoms with van der Waals surface area (Å²) in [5, 5.41) is 7.66. The number of rotatable bonds is 3. The minimum absolute atomic E-state index is 0.640. The summed E-state index contributed by atoms with van der Waals surface area (Å²) in [5.41, 5.74) is 2.49. The first kappa shape index (κ1) is 11.8. The van der Waals surface area contributed by atoms with Crippen LogP contribution in [0.4, 0.5) is 5.82 Å². The lowest BCUT2D eigenvalue weighted by atomic mass is 10.2. The Balaban J connectivity index is 1.59. The average Bonchev–Trinajstić information content (AvgIpc) is 3.09. The predicted molar refractivity (Wildman–Crippen MR) is 79.2 cm³/mol. The summed E-state index contributed by atoms with van der Waals surface area (Å²) in [7, 11) is 0. The van der Waals surface area contributed by atoms with Gasteiger partial charge in [0, 0.05) is 21.5 Å². The Kier molecular flexibility index (Phi) is 2.70. The van der Waals surface area contributed by atoms with E-state index in [0.717, 1.165) is 18.1 Å². The maximum Gasteiger partial charge on any atom is 0.254 e. The number of anilines is 1. The Morgan fingerprint density at radius 1 is 1.35 bits per heavy atom. The molecule has 0 unspecified atom stereocenters. The molecule has 4 rings (SSSR count). The van der Waals surface area contributed by atoms with Gasteiger partial charge >= 0.3 is 0 Å². The largest absolute Gasteiger partial charge is 0.365 e. The van der Waals surface area contributed by atoms with Crippen molar-refractivity contribution in [1.82, 2.24) is 19.6 Å². The standard InChI is InChI=1S/C14H15N5S/c1-9-5-13(19-14(18-9)16-8-17-19)15-7-11-6-10-3-2-4-12(10)20-11/h5-6,8,15H,2-4,7H2,1H3. The molecule has 1 aliphatic rings. The van der Waals surface area contributed by atoms with Crippen molar-refractivity contribution in [3.63, 3.8) is 0 Å². The van der Waals surface area contributed by atoms with Crippen LogP contribution in [0.5, 0.6) is 0 Å². The zero-order chi connectivity index (χ0) is 13.5. The van der Waals surface area contributed by atoms with Crippen molar-refractivity contribution < 1.29 is 0 Å². The van der Waals surface area contributed by atoms with E-state index in [1.165, 1.54) is 30.5 Å². The molecule has 0 saturated heterocycles. The highest BCUT2D eigenvalue weighted by Crippen LogP contribution is 2.30. The number of aryl methyl sites for hydroxylation is 3. The maximum atomic E-state index is 4.34. The molecule has 0 bridgehead atoms. The van der Waals surface area contributed by atoms with Gasteiger partial charge in [0.15, 0.2) is 0 Å².